The number of nitrogens with one attached hydrogen (secondary N) is 2. The Morgan fingerprint density at radius 2 is 2.75 bits per heavy atom. The number of hydrogen-bond donors (Lipinski definition) is 2. The van der Waals surface area contributed by atoms with Crippen molar-refractivity contribution in [3.8, 4) is 6.07 Å². The number of nitriles is 1. The van der Waals surface area contributed by atoms with Crippen molar-refractivity contribution in [2.45, 2.75) is 11.2 Å². The van der Waals surface area contributed by atoms with Crippen molar-refractivity contribution in [2.24, 2.45) is 0 Å². The maximum atomic E-state index is 8.58. The van der Waals surface area contributed by atoms with Crippen LogP contribution in [0.3, 0.4) is 0 Å². The Balaban J connectivity index is 2.31. The Labute approximate surface area is 74.6 Å². The molecule has 1 aromatic rings. The molecule has 2 N–H and O–H groups in total. The van der Waals surface area contributed by atoms with Crippen LogP contribution in [0.5, 0.6) is 0 Å². The predicted octanol–water partition coefficient (Wildman–Crippen LogP) is 0.00838. The van der Waals surface area contributed by atoms with Crippen LogP contribution in [0.2, 0.25) is 0 Å². The second-order valence-electron chi connectivity index (χ2n) is 2.07. The molecule has 1 unspecified atom stereocenters. The first-order valence-electron chi connectivity index (χ1n) is 3.42. The van der Waals surface area contributed by atoms with Gasteiger partial charge in [0.2, 0.25) is 0 Å². The Morgan fingerprint density at radius 1 is 1.92 bits per heavy atom. The van der Waals surface area contributed by atoms with Crippen LogP contribution in [0.25, 0.3) is 0 Å². The first-order valence-corrected chi connectivity index (χ1v) is 4.40. The van der Waals surface area contributed by atoms with Crippen LogP contribution in [0, 0.1) is 11.3 Å². The van der Waals surface area contributed by atoms with Gasteiger partial charge >= 0.3 is 0 Å². The fourth-order valence-electron chi connectivity index (χ4n) is 0.611. The van der Waals surface area contributed by atoms with Gasteiger partial charge in [-0.1, -0.05) is 11.8 Å². The van der Waals surface area contributed by atoms with E-state index in [4.69, 9.17) is 5.26 Å². The molecule has 0 fully saturated rings. The quantitative estimate of drug-likeness (QED) is 0.643. The number of rotatable bonds is 4. The Morgan fingerprint density at radius 3 is 3.25 bits per heavy atom. The molecule has 0 aliphatic carbocycles. The fourth-order valence-corrected chi connectivity index (χ4v) is 1.42. The number of thioether (sulfide) groups is 1. The van der Waals surface area contributed by atoms with Crippen molar-refractivity contribution >= 4 is 11.8 Å². The van der Waals surface area contributed by atoms with E-state index in [2.05, 4.69) is 26.6 Å². The highest BCUT2D eigenvalue weighted by atomic mass is 32.2. The van der Waals surface area contributed by atoms with Gasteiger partial charge in [-0.15, -0.1) is 0 Å². The number of H-pyrrole nitrogens is 1. The average molecular weight is 183 g/mol. The second kappa shape index (κ2) is 4.74. The largest absolute Gasteiger partial charge is 0.304 e. The molecule has 0 saturated carbocycles. The summed E-state index contributed by atoms with van der Waals surface area (Å²) in [5.74, 6) is 0.669. The Bertz CT molecular complexity index is 251. The maximum Gasteiger partial charge on any atom is 0.183 e. The molecule has 12 heavy (non-hydrogen) atoms. The average Bonchev–Trinajstić information content (AvgIpc) is 2.59. The lowest BCUT2D eigenvalue weighted by Crippen LogP contribution is -2.25. The summed E-state index contributed by atoms with van der Waals surface area (Å²) in [6, 6.07) is 1.98. The second-order valence-corrected chi connectivity index (χ2v) is 3.08. The Kier molecular flexibility index (Phi) is 3.57. The van der Waals surface area contributed by atoms with Crippen molar-refractivity contribution in [1.29, 1.82) is 5.26 Å². The van der Waals surface area contributed by atoms with Crippen molar-refractivity contribution in [1.82, 2.24) is 20.5 Å². The molecule has 0 radical (unpaired) electrons. The van der Waals surface area contributed by atoms with Crippen molar-refractivity contribution < 1.29 is 0 Å². The summed E-state index contributed by atoms with van der Waals surface area (Å²) in [6.07, 6.45) is 1.45. The van der Waals surface area contributed by atoms with Crippen LogP contribution in [-0.4, -0.2) is 34.0 Å². The van der Waals surface area contributed by atoms with Gasteiger partial charge in [0.15, 0.2) is 5.16 Å². The topological polar surface area (TPSA) is 77.4 Å². The van der Waals surface area contributed by atoms with Gasteiger partial charge in [-0.2, -0.15) is 10.4 Å². The summed E-state index contributed by atoms with van der Waals surface area (Å²) in [5, 5.41) is 18.6. The molecule has 0 aliphatic rings. The van der Waals surface area contributed by atoms with Gasteiger partial charge in [-0.3, -0.25) is 5.10 Å². The minimum atomic E-state index is -0.139. The molecule has 6 heteroatoms. The van der Waals surface area contributed by atoms with E-state index in [1.807, 2.05) is 0 Å². The molecule has 0 bridgehead atoms. The van der Waals surface area contributed by atoms with Crippen molar-refractivity contribution in [3.63, 3.8) is 0 Å². The molecular weight excluding hydrogens is 174 g/mol. The fraction of sp³-hybridized carbons (Fsp3) is 0.500. The molecule has 0 amide bonds. The molecule has 5 nitrogen and oxygen atoms in total. The van der Waals surface area contributed by atoms with E-state index in [0.717, 1.165) is 5.16 Å². The highest BCUT2D eigenvalue weighted by Crippen LogP contribution is 2.11. The van der Waals surface area contributed by atoms with E-state index in [1.54, 1.807) is 7.05 Å². The number of nitrogens with zero attached hydrogens (tertiary/aromatic N) is 3. The third kappa shape index (κ3) is 2.53. The molecule has 1 rings (SSSR count). The predicted molar refractivity (Wildman–Crippen MR) is 45.6 cm³/mol. The molecule has 0 spiro atoms. The minimum Gasteiger partial charge on any atom is -0.304 e. The first kappa shape index (κ1) is 9.03. The van der Waals surface area contributed by atoms with Crippen LogP contribution >= 0.6 is 11.8 Å². The maximum absolute atomic E-state index is 8.58. The molecule has 1 atom stereocenters. The molecule has 0 saturated heterocycles. The van der Waals surface area contributed by atoms with Crippen LogP contribution < -0.4 is 5.32 Å². The molecule has 0 aliphatic heterocycles. The molecule has 1 heterocycles. The third-order valence-corrected chi connectivity index (χ3v) is 2.25. The zero-order valence-electron chi connectivity index (χ0n) is 6.61. The monoisotopic (exact) mass is 183 g/mol. The van der Waals surface area contributed by atoms with Gasteiger partial charge in [-0.25, -0.2) is 4.98 Å². The molecule has 1 aromatic heterocycles. The van der Waals surface area contributed by atoms with E-state index in [9.17, 15) is 0 Å². The van der Waals surface area contributed by atoms with Gasteiger partial charge in [0, 0.05) is 5.75 Å². The molecule has 64 valence electrons. The van der Waals surface area contributed by atoms with E-state index in [-0.39, 0.29) is 6.04 Å². The number of aromatic amines is 1. The zero-order valence-corrected chi connectivity index (χ0v) is 7.43. The van der Waals surface area contributed by atoms with Gasteiger partial charge in [0.1, 0.15) is 12.4 Å². The van der Waals surface area contributed by atoms with Crippen LogP contribution in [-0.2, 0) is 0 Å². The highest BCUT2D eigenvalue weighted by molar-refractivity contribution is 7.99. The van der Waals surface area contributed by atoms with Gasteiger partial charge in [0.25, 0.3) is 0 Å². The molecular formula is C6H9N5S. The van der Waals surface area contributed by atoms with Crippen LogP contribution in [0.15, 0.2) is 11.5 Å². The third-order valence-electron chi connectivity index (χ3n) is 1.28. The van der Waals surface area contributed by atoms with Crippen LogP contribution in [0.1, 0.15) is 0 Å². The lowest BCUT2D eigenvalue weighted by Gasteiger charge is -2.03. The summed E-state index contributed by atoms with van der Waals surface area (Å²) in [4.78, 5) is 3.92. The van der Waals surface area contributed by atoms with E-state index >= 15 is 0 Å². The van der Waals surface area contributed by atoms with E-state index in [1.165, 1.54) is 18.1 Å². The number of aromatic nitrogens is 3. The van der Waals surface area contributed by atoms with E-state index < -0.39 is 0 Å². The summed E-state index contributed by atoms with van der Waals surface area (Å²) >= 11 is 1.47. The smallest absolute Gasteiger partial charge is 0.183 e. The lowest BCUT2D eigenvalue weighted by molar-refractivity contribution is 0.748. The zero-order chi connectivity index (χ0) is 8.81. The molecule has 0 aromatic carbocycles. The first-order chi connectivity index (χ1) is 5.86. The van der Waals surface area contributed by atoms with Crippen molar-refractivity contribution in [2.75, 3.05) is 12.8 Å². The summed E-state index contributed by atoms with van der Waals surface area (Å²) in [7, 11) is 1.76. The lowest BCUT2D eigenvalue weighted by atomic mass is 10.4. The Hall–Kier alpha value is -1.06. The number of hydrogen-bond acceptors (Lipinski definition) is 5. The van der Waals surface area contributed by atoms with Crippen LogP contribution in [0.4, 0.5) is 0 Å². The standard InChI is InChI=1S/C6H9N5S/c1-8-5(2-7)3-12-6-9-4-10-11-6/h4-5,8H,3H2,1H3,(H,9,10,11). The summed E-state index contributed by atoms with van der Waals surface area (Å²) in [6.45, 7) is 0. The summed E-state index contributed by atoms with van der Waals surface area (Å²) < 4.78 is 0. The van der Waals surface area contributed by atoms with Crippen molar-refractivity contribution in [3.05, 3.63) is 6.33 Å². The van der Waals surface area contributed by atoms with E-state index in [0.29, 0.717) is 5.75 Å². The highest BCUT2D eigenvalue weighted by Gasteiger charge is 2.05. The SMILES string of the molecule is CNC(C#N)CSc1ncn[nH]1. The van der Waals surface area contributed by atoms with Gasteiger partial charge in [-0.05, 0) is 7.05 Å². The minimum absolute atomic E-state index is 0.139. The normalized spacial score (nSPS) is 12.3. The van der Waals surface area contributed by atoms with Gasteiger partial charge < -0.3 is 5.32 Å². The summed E-state index contributed by atoms with van der Waals surface area (Å²) in [5.41, 5.74) is 0. The van der Waals surface area contributed by atoms with Gasteiger partial charge in [0.05, 0.1) is 6.07 Å².